The van der Waals surface area contributed by atoms with Crippen LogP contribution in [-0.4, -0.2) is 20.9 Å². The Balaban J connectivity index is 1.65. The van der Waals surface area contributed by atoms with Gasteiger partial charge in [-0.05, 0) is 30.2 Å². The molecule has 6 heteroatoms. The zero-order chi connectivity index (χ0) is 17.5. The first-order valence-corrected chi connectivity index (χ1v) is 8.01. The first kappa shape index (κ1) is 16.6. The summed E-state index contributed by atoms with van der Waals surface area (Å²) in [6, 6.07) is 15.3. The van der Waals surface area contributed by atoms with Gasteiger partial charge in [0.05, 0.1) is 0 Å². The highest BCUT2D eigenvalue weighted by Crippen LogP contribution is 2.09. The van der Waals surface area contributed by atoms with Gasteiger partial charge in [0.1, 0.15) is 17.3 Å². The van der Waals surface area contributed by atoms with E-state index in [0.717, 1.165) is 11.1 Å². The average Bonchev–Trinajstić information content (AvgIpc) is 2.66. The van der Waals surface area contributed by atoms with E-state index >= 15 is 0 Å². The number of carbonyl (C=O) groups excluding carboxylic acids is 1. The van der Waals surface area contributed by atoms with E-state index < -0.39 is 0 Å². The zero-order valence-corrected chi connectivity index (χ0v) is 13.9. The molecule has 0 saturated carbocycles. The number of carbonyl (C=O) groups is 1. The van der Waals surface area contributed by atoms with Gasteiger partial charge in [-0.2, -0.15) is 0 Å². The number of aromatic nitrogens is 3. The van der Waals surface area contributed by atoms with Crippen molar-refractivity contribution in [3.63, 3.8) is 0 Å². The largest absolute Gasteiger partial charge is 0.366 e. The predicted octanol–water partition coefficient (Wildman–Crippen LogP) is 2.72. The lowest BCUT2D eigenvalue weighted by molar-refractivity contribution is 0.0945. The van der Waals surface area contributed by atoms with Crippen molar-refractivity contribution in [1.82, 2.24) is 20.3 Å². The molecule has 25 heavy (non-hydrogen) atoms. The Morgan fingerprint density at radius 2 is 1.68 bits per heavy atom. The van der Waals surface area contributed by atoms with Crippen LogP contribution >= 0.6 is 0 Å². The summed E-state index contributed by atoms with van der Waals surface area (Å²) in [5.74, 6) is 0.945. The van der Waals surface area contributed by atoms with Gasteiger partial charge in [0.25, 0.3) is 5.91 Å². The highest BCUT2D eigenvalue weighted by Gasteiger charge is 2.10. The summed E-state index contributed by atoms with van der Waals surface area (Å²) in [6.45, 7) is 2.83. The first-order chi connectivity index (χ1) is 12.2. The maximum Gasteiger partial charge on any atom is 0.270 e. The Hall–Kier alpha value is -3.28. The van der Waals surface area contributed by atoms with Crippen LogP contribution in [0.3, 0.4) is 0 Å². The van der Waals surface area contributed by atoms with Crippen molar-refractivity contribution < 1.29 is 4.79 Å². The molecule has 0 fully saturated rings. The van der Waals surface area contributed by atoms with Gasteiger partial charge in [-0.25, -0.2) is 9.97 Å². The van der Waals surface area contributed by atoms with E-state index in [4.69, 9.17) is 0 Å². The van der Waals surface area contributed by atoms with Crippen LogP contribution < -0.4 is 10.6 Å². The van der Waals surface area contributed by atoms with E-state index in [1.165, 1.54) is 0 Å². The van der Waals surface area contributed by atoms with E-state index in [1.807, 2.05) is 42.5 Å². The van der Waals surface area contributed by atoms with Gasteiger partial charge in [0.15, 0.2) is 0 Å². The molecule has 1 amide bonds. The van der Waals surface area contributed by atoms with Crippen molar-refractivity contribution >= 4 is 11.7 Å². The van der Waals surface area contributed by atoms with Gasteiger partial charge < -0.3 is 10.6 Å². The fraction of sp³-hybridized carbons (Fsp3) is 0.158. The Kier molecular flexibility index (Phi) is 5.31. The molecule has 2 heterocycles. The number of amides is 1. The maximum atomic E-state index is 12.4. The van der Waals surface area contributed by atoms with E-state index in [1.54, 1.807) is 25.4 Å². The predicted molar refractivity (Wildman–Crippen MR) is 95.9 cm³/mol. The fourth-order valence-corrected chi connectivity index (χ4v) is 2.34. The molecule has 2 N–H and O–H groups in total. The highest BCUT2D eigenvalue weighted by atomic mass is 16.1. The number of anilines is 1. The van der Waals surface area contributed by atoms with Gasteiger partial charge in [0, 0.05) is 31.5 Å². The van der Waals surface area contributed by atoms with Crippen LogP contribution in [0.5, 0.6) is 0 Å². The SMILES string of the molecule is Cc1nc(NCc2ccncc2)cc(C(=O)NCc2ccccc2)n1. The topological polar surface area (TPSA) is 79.8 Å². The summed E-state index contributed by atoms with van der Waals surface area (Å²) < 4.78 is 0. The average molecular weight is 333 g/mol. The fourth-order valence-electron chi connectivity index (χ4n) is 2.34. The molecule has 0 aliphatic heterocycles. The molecule has 0 spiro atoms. The Morgan fingerprint density at radius 3 is 2.44 bits per heavy atom. The normalized spacial score (nSPS) is 10.3. The number of pyridine rings is 1. The molecule has 0 aliphatic rings. The van der Waals surface area contributed by atoms with E-state index in [0.29, 0.717) is 30.4 Å². The summed E-state index contributed by atoms with van der Waals surface area (Å²) in [4.78, 5) is 24.9. The van der Waals surface area contributed by atoms with Crippen molar-refractivity contribution in [3.8, 4) is 0 Å². The molecular weight excluding hydrogens is 314 g/mol. The number of aryl methyl sites for hydroxylation is 1. The minimum absolute atomic E-state index is 0.221. The minimum Gasteiger partial charge on any atom is -0.366 e. The minimum atomic E-state index is -0.221. The van der Waals surface area contributed by atoms with Crippen molar-refractivity contribution in [3.05, 3.63) is 83.6 Å². The van der Waals surface area contributed by atoms with Gasteiger partial charge >= 0.3 is 0 Å². The summed E-state index contributed by atoms with van der Waals surface area (Å²) in [5, 5.41) is 6.09. The van der Waals surface area contributed by atoms with Crippen molar-refractivity contribution in [2.24, 2.45) is 0 Å². The molecule has 6 nitrogen and oxygen atoms in total. The Labute approximate surface area is 146 Å². The van der Waals surface area contributed by atoms with Crippen molar-refractivity contribution in [2.45, 2.75) is 20.0 Å². The number of nitrogens with one attached hydrogen (secondary N) is 2. The monoisotopic (exact) mass is 333 g/mol. The lowest BCUT2D eigenvalue weighted by Crippen LogP contribution is -2.24. The standard InChI is InChI=1S/C19H19N5O/c1-14-23-17(19(25)22-13-15-5-3-2-4-6-15)11-18(24-14)21-12-16-7-9-20-10-8-16/h2-11H,12-13H2,1H3,(H,22,25)(H,21,23,24). The van der Waals surface area contributed by atoms with Crippen molar-refractivity contribution in [2.75, 3.05) is 5.32 Å². The molecule has 3 aromatic rings. The van der Waals surface area contributed by atoms with Crippen LogP contribution in [0, 0.1) is 6.92 Å². The van der Waals surface area contributed by atoms with E-state index in [-0.39, 0.29) is 5.91 Å². The number of rotatable bonds is 6. The third kappa shape index (κ3) is 4.84. The number of hydrogen-bond donors (Lipinski definition) is 2. The molecule has 0 saturated heterocycles. The molecule has 1 aromatic carbocycles. The molecule has 0 atom stereocenters. The molecule has 3 rings (SSSR count). The molecule has 126 valence electrons. The van der Waals surface area contributed by atoms with Crippen LogP contribution in [0.15, 0.2) is 60.9 Å². The quantitative estimate of drug-likeness (QED) is 0.725. The van der Waals surface area contributed by atoms with Crippen LogP contribution in [0.2, 0.25) is 0 Å². The van der Waals surface area contributed by atoms with Gasteiger partial charge in [-0.1, -0.05) is 30.3 Å². The highest BCUT2D eigenvalue weighted by molar-refractivity contribution is 5.92. The van der Waals surface area contributed by atoms with E-state index in [2.05, 4.69) is 25.6 Å². The lowest BCUT2D eigenvalue weighted by Gasteiger charge is -2.09. The molecule has 0 radical (unpaired) electrons. The van der Waals surface area contributed by atoms with Crippen LogP contribution in [0.4, 0.5) is 5.82 Å². The maximum absolute atomic E-state index is 12.4. The summed E-state index contributed by atoms with van der Waals surface area (Å²) in [5.41, 5.74) is 2.47. The summed E-state index contributed by atoms with van der Waals surface area (Å²) in [7, 11) is 0. The Morgan fingerprint density at radius 1 is 0.960 bits per heavy atom. The first-order valence-electron chi connectivity index (χ1n) is 8.01. The van der Waals surface area contributed by atoms with Gasteiger partial charge in [-0.15, -0.1) is 0 Å². The summed E-state index contributed by atoms with van der Waals surface area (Å²) in [6.07, 6.45) is 3.48. The third-order valence-electron chi connectivity index (χ3n) is 3.59. The number of hydrogen-bond acceptors (Lipinski definition) is 5. The van der Waals surface area contributed by atoms with Crippen LogP contribution in [0.1, 0.15) is 27.4 Å². The molecule has 0 bridgehead atoms. The van der Waals surface area contributed by atoms with Gasteiger partial charge in [0.2, 0.25) is 0 Å². The van der Waals surface area contributed by atoms with E-state index in [9.17, 15) is 4.79 Å². The Bertz CT molecular complexity index is 837. The number of benzene rings is 1. The second-order valence-electron chi connectivity index (χ2n) is 5.56. The smallest absolute Gasteiger partial charge is 0.270 e. The third-order valence-corrected chi connectivity index (χ3v) is 3.59. The molecule has 0 aliphatic carbocycles. The lowest BCUT2D eigenvalue weighted by atomic mass is 10.2. The van der Waals surface area contributed by atoms with Crippen LogP contribution in [0.25, 0.3) is 0 Å². The second kappa shape index (κ2) is 8.01. The van der Waals surface area contributed by atoms with Crippen LogP contribution in [-0.2, 0) is 13.1 Å². The summed E-state index contributed by atoms with van der Waals surface area (Å²) >= 11 is 0. The zero-order valence-electron chi connectivity index (χ0n) is 13.9. The van der Waals surface area contributed by atoms with Crippen molar-refractivity contribution in [1.29, 1.82) is 0 Å². The molecular formula is C19H19N5O. The molecule has 0 unspecified atom stereocenters. The van der Waals surface area contributed by atoms with Gasteiger partial charge in [-0.3, -0.25) is 9.78 Å². The molecule has 2 aromatic heterocycles. The number of nitrogens with zero attached hydrogens (tertiary/aromatic N) is 3. The second-order valence-corrected chi connectivity index (χ2v) is 5.56.